The van der Waals surface area contributed by atoms with Crippen LogP contribution in [0.25, 0.3) is 0 Å². The zero-order valence-corrected chi connectivity index (χ0v) is 13.9. The summed E-state index contributed by atoms with van der Waals surface area (Å²) < 4.78 is 9.38. The molecule has 2 bridgehead atoms. The van der Waals surface area contributed by atoms with E-state index in [1.54, 1.807) is 0 Å². The molecule has 0 aromatic carbocycles. The molecule has 3 unspecified atom stereocenters. The van der Waals surface area contributed by atoms with Crippen LogP contribution in [0.15, 0.2) is 4.47 Å². The molecule has 2 saturated heterocycles. The Hall–Kier alpha value is -0.390. The Morgan fingerprint density at radius 3 is 2.75 bits per heavy atom. The van der Waals surface area contributed by atoms with E-state index in [9.17, 15) is 0 Å². The maximum absolute atomic E-state index is 6.16. The number of halogens is 1. The monoisotopic (exact) mass is 341 g/mol. The topological polar surface area (TPSA) is 53.1 Å². The number of rotatable bonds is 5. The lowest BCUT2D eigenvalue weighted by atomic mass is 9.71. The van der Waals surface area contributed by atoms with E-state index in [2.05, 4.69) is 34.5 Å². The van der Waals surface area contributed by atoms with Crippen molar-refractivity contribution >= 4 is 15.9 Å². The number of aromatic nitrogens is 2. The van der Waals surface area contributed by atoms with Gasteiger partial charge in [0.2, 0.25) is 0 Å². The number of hydrogen-bond donors (Lipinski definition) is 1. The summed E-state index contributed by atoms with van der Waals surface area (Å²) in [4.78, 5) is 0. The first-order valence-electron chi connectivity index (χ1n) is 7.73. The van der Waals surface area contributed by atoms with Crippen LogP contribution < -0.4 is 5.73 Å². The molecule has 0 radical (unpaired) electrons. The van der Waals surface area contributed by atoms with Crippen molar-refractivity contribution in [1.82, 2.24) is 9.78 Å². The first-order chi connectivity index (χ1) is 9.63. The SMILES string of the molecule is CCc1nn(CC)c(CC2(CN)CC3CCC2O3)c1Br. The predicted octanol–water partition coefficient (Wildman–Crippen LogP) is 2.67. The molecule has 3 atom stereocenters. The summed E-state index contributed by atoms with van der Waals surface area (Å²) in [5.74, 6) is 0. The van der Waals surface area contributed by atoms with Gasteiger partial charge in [0.05, 0.1) is 28.1 Å². The van der Waals surface area contributed by atoms with Crippen molar-refractivity contribution in [2.45, 2.75) is 64.7 Å². The number of fused-ring (bicyclic) bond motifs is 2. The molecule has 2 aliphatic heterocycles. The minimum atomic E-state index is 0.114. The fourth-order valence-corrected chi connectivity index (χ4v) is 4.59. The third-order valence-electron chi connectivity index (χ3n) is 5.04. The molecule has 3 rings (SSSR count). The molecule has 0 amide bonds. The van der Waals surface area contributed by atoms with Gasteiger partial charge in [0, 0.05) is 18.5 Å². The molecule has 0 spiro atoms. The number of hydrogen-bond acceptors (Lipinski definition) is 3. The fraction of sp³-hybridized carbons (Fsp3) is 0.800. The van der Waals surface area contributed by atoms with Gasteiger partial charge in [0.1, 0.15) is 0 Å². The zero-order valence-electron chi connectivity index (χ0n) is 12.4. The summed E-state index contributed by atoms with van der Waals surface area (Å²) in [5, 5.41) is 4.70. The van der Waals surface area contributed by atoms with Gasteiger partial charge in [0.25, 0.3) is 0 Å². The first kappa shape index (κ1) is 14.5. The van der Waals surface area contributed by atoms with Crippen molar-refractivity contribution in [1.29, 1.82) is 0 Å². The normalized spacial score (nSPS) is 32.2. The molecule has 2 fully saturated rings. The van der Waals surface area contributed by atoms with Crippen LogP contribution in [0.3, 0.4) is 0 Å². The average Bonchev–Trinajstić information content (AvgIpc) is 3.14. The van der Waals surface area contributed by atoms with E-state index in [0.717, 1.165) is 31.5 Å². The average molecular weight is 342 g/mol. The summed E-state index contributed by atoms with van der Waals surface area (Å²) in [6.07, 6.45) is 6.20. The third kappa shape index (κ3) is 2.14. The Morgan fingerprint density at radius 2 is 2.25 bits per heavy atom. The van der Waals surface area contributed by atoms with Crippen molar-refractivity contribution in [2.24, 2.45) is 11.1 Å². The molecule has 4 nitrogen and oxygen atoms in total. The molecule has 1 aromatic rings. The summed E-state index contributed by atoms with van der Waals surface area (Å²) in [6, 6.07) is 0. The number of nitrogens with zero attached hydrogens (tertiary/aromatic N) is 2. The molecular formula is C15H24BrN3O. The molecule has 3 heterocycles. The van der Waals surface area contributed by atoms with Crippen molar-refractivity contribution in [2.75, 3.05) is 6.54 Å². The summed E-state index contributed by atoms with van der Waals surface area (Å²) >= 11 is 3.75. The highest BCUT2D eigenvalue weighted by atomic mass is 79.9. The second kappa shape index (κ2) is 5.43. The van der Waals surface area contributed by atoms with E-state index in [1.807, 2.05) is 0 Å². The van der Waals surface area contributed by atoms with Gasteiger partial charge in [-0.05, 0) is 55.0 Å². The maximum atomic E-state index is 6.16. The molecule has 1 aromatic heterocycles. The van der Waals surface area contributed by atoms with Gasteiger partial charge in [-0.25, -0.2) is 0 Å². The lowest BCUT2D eigenvalue weighted by Crippen LogP contribution is -2.42. The Morgan fingerprint density at radius 1 is 1.45 bits per heavy atom. The molecule has 2 N–H and O–H groups in total. The molecule has 20 heavy (non-hydrogen) atoms. The summed E-state index contributed by atoms with van der Waals surface area (Å²) in [5.41, 5.74) is 8.72. The number of ether oxygens (including phenoxy) is 1. The molecule has 112 valence electrons. The smallest absolute Gasteiger partial charge is 0.0766 e. The summed E-state index contributed by atoms with van der Waals surface area (Å²) in [6.45, 7) is 5.91. The Balaban J connectivity index is 1.92. The van der Waals surface area contributed by atoms with Crippen LogP contribution in [0.2, 0.25) is 0 Å². The van der Waals surface area contributed by atoms with Crippen LogP contribution in [0.4, 0.5) is 0 Å². The van der Waals surface area contributed by atoms with Gasteiger partial charge in [0.15, 0.2) is 0 Å². The standard InChI is InChI=1S/C15H24BrN3O/c1-3-11-14(16)12(19(4-2)18-11)8-15(9-17)7-10-5-6-13(15)20-10/h10,13H,3-9,17H2,1-2H3. The van der Waals surface area contributed by atoms with Crippen LogP contribution in [-0.4, -0.2) is 28.5 Å². The number of aryl methyl sites for hydroxylation is 2. The molecule has 2 aliphatic rings. The maximum Gasteiger partial charge on any atom is 0.0766 e. The second-order valence-corrected chi connectivity index (χ2v) is 6.94. The van der Waals surface area contributed by atoms with Gasteiger partial charge >= 0.3 is 0 Å². The van der Waals surface area contributed by atoms with Crippen molar-refractivity contribution in [3.8, 4) is 0 Å². The van der Waals surface area contributed by atoms with E-state index >= 15 is 0 Å². The minimum absolute atomic E-state index is 0.114. The third-order valence-corrected chi connectivity index (χ3v) is 5.96. The van der Waals surface area contributed by atoms with Gasteiger partial charge in [-0.1, -0.05) is 6.92 Å². The number of nitrogens with two attached hydrogens (primary N) is 1. The highest BCUT2D eigenvalue weighted by Crippen LogP contribution is 2.49. The van der Waals surface area contributed by atoms with E-state index in [0.29, 0.717) is 18.8 Å². The predicted molar refractivity (Wildman–Crippen MR) is 82.7 cm³/mol. The highest BCUT2D eigenvalue weighted by Gasteiger charge is 2.52. The fourth-order valence-electron chi connectivity index (χ4n) is 3.88. The van der Waals surface area contributed by atoms with E-state index < -0.39 is 0 Å². The van der Waals surface area contributed by atoms with Crippen LogP contribution in [-0.2, 0) is 24.1 Å². The van der Waals surface area contributed by atoms with Crippen LogP contribution in [0.5, 0.6) is 0 Å². The zero-order chi connectivity index (χ0) is 14.3. The lowest BCUT2D eigenvalue weighted by Gasteiger charge is -2.34. The lowest BCUT2D eigenvalue weighted by molar-refractivity contribution is 0.0627. The van der Waals surface area contributed by atoms with Crippen LogP contribution >= 0.6 is 15.9 Å². The molecular weight excluding hydrogens is 318 g/mol. The van der Waals surface area contributed by atoms with E-state index in [1.165, 1.54) is 23.0 Å². The first-order valence-corrected chi connectivity index (χ1v) is 8.52. The van der Waals surface area contributed by atoms with Crippen molar-refractivity contribution in [3.63, 3.8) is 0 Å². The quantitative estimate of drug-likeness (QED) is 0.895. The van der Waals surface area contributed by atoms with Gasteiger partial charge in [-0.2, -0.15) is 5.10 Å². The Bertz CT molecular complexity index is 502. The van der Waals surface area contributed by atoms with Gasteiger partial charge in [-0.15, -0.1) is 0 Å². The largest absolute Gasteiger partial charge is 0.374 e. The second-order valence-electron chi connectivity index (χ2n) is 6.15. The van der Waals surface area contributed by atoms with E-state index in [-0.39, 0.29) is 5.41 Å². The van der Waals surface area contributed by atoms with Gasteiger partial charge in [-0.3, -0.25) is 4.68 Å². The Kier molecular flexibility index (Phi) is 3.95. The van der Waals surface area contributed by atoms with Crippen LogP contribution in [0.1, 0.15) is 44.5 Å². The van der Waals surface area contributed by atoms with E-state index in [4.69, 9.17) is 15.6 Å². The van der Waals surface area contributed by atoms with Crippen molar-refractivity contribution in [3.05, 3.63) is 15.9 Å². The summed E-state index contributed by atoms with van der Waals surface area (Å²) in [7, 11) is 0. The molecule has 5 heteroatoms. The molecule has 0 aliphatic carbocycles. The molecule has 0 saturated carbocycles. The highest BCUT2D eigenvalue weighted by molar-refractivity contribution is 9.10. The van der Waals surface area contributed by atoms with Crippen LogP contribution in [0, 0.1) is 5.41 Å². The van der Waals surface area contributed by atoms with Crippen molar-refractivity contribution < 1.29 is 4.74 Å². The Labute approximate surface area is 129 Å². The van der Waals surface area contributed by atoms with Gasteiger partial charge < -0.3 is 10.5 Å². The minimum Gasteiger partial charge on any atom is -0.374 e.